The van der Waals surface area contributed by atoms with E-state index in [2.05, 4.69) is 21.2 Å². The maximum Gasteiger partial charge on any atom is 0.269 e. The molecule has 0 aliphatic carbocycles. The van der Waals surface area contributed by atoms with Crippen molar-refractivity contribution in [3.8, 4) is 0 Å². The molecule has 6 heteroatoms. The van der Waals surface area contributed by atoms with Crippen LogP contribution >= 0.6 is 27.5 Å². The normalized spacial score (nSPS) is 11.9. The molecule has 0 amide bonds. The van der Waals surface area contributed by atoms with Crippen molar-refractivity contribution in [2.24, 2.45) is 0 Å². The van der Waals surface area contributed by atoms with Crippen LogP contribution in [-0.2, 0) is 0 Å². The van der Waals surface area contributed by atoms with Crippen LogP contribution in [0, 0.1) is 10.1 Å². The Balaban J connectivity index is 2.21. The monoisotopic (exact) mass is 354 g/mol. The molecule has 0 spiro atoms. The second kappa shape index (κ2) is 6.24. The quantitative estimate of drug-likeness (QED) is 0.607. The first-order valence-electron chi connectivity index (χ1n) is 5.93. The predicted octanol–water partition coefficient (Wildman–Crippen LogP) is 5.18. The van der Waals surface area contributed by atoms with Crippen LogP contribution in [0.5, 0.6) is 0 Å². The predicted molar refractivity (Wildman–Crippen MR) is 84.3 cm³/mol. The number of hydrogen-bond acceptors (Lipinski definition) is 3. The largest absolute Gasteiger partial charge is 0.378 e. The van der Waals surface area contributed by atoms with E-state index in [4.69, 9.17) is 11.6 Å². The van der Waals surface area contributed by atoms with Gasteiger partial charge in [0.15, 0.2) is 0 Å². The lowest BCUT2D eigenvalue weighted by Gasteiger charge is -2.17. The molecule has 0 bridgehead atoms. The van der Waals surface area contributed by atoms with E-state index >= 15 is 0 Å². The molecule has 2 aromatic rings. The van der Waals surface area contributed by atoms with Crippen LogP contribution in [0.1, 0.15) is 18.5 Å². The van der Waals surface area contributed by atoms with E-state index in [0.29, 0.717) is 5.02 Å². The Hall–Kier alpha value is -1.59. The minimum atomic E-state index is -0.394. The van der Waals surface area contributed by atoms with E-state index in [9.17, 15) is 10.1 Å². The first kappa shape index (κ1) is 14.8. The van der Waals surface area contributed by atoms with Crippen molar-refractivity contribution in [2.45, 2.75) is 13.0 Å². The second-order valence-corrected chi connectivity index (χ2v) is 5.63. The van der Waals surface area contributed by atoms with Gasteiger partial charge in [0.25, 0.3) is 5.69 Å². The lowest BCUT2D eigenvalue weighted by Crippen LogP contribution is -2.07. The topological polar surface area (TPSA) is 55.2 Å². The van der Waals surface area contributed by atoms with Gasteiger partial charge in [-0.3, -0.25) is 10.1 Å². The zero-order valence-electron chi connectivity index (χ0n) is 10.6. The van der Waals surface area contributed by atoms with Crippen molar-refractivity contribution in [1.82, 2.24) is 0 Å². The minimum Gasteiger partial charge on any atom is -0.378 e. The average molecular weight is 356 g/mol. The summed E-state index contributed by atoms with van der Waals surface area (Å²) in [6.07, 6.45) is 0. The summed E-state index contributed by atoms with van der Waals surface area (Å²) in [7, 11) is 0. The summed E-state index contributed by atoms with van der Waals surface area (Å²) in [5.41, 5.74) is 1.82. The van der Waals surface area contributed by atoms with Crippen LogP contribution in [0.4, 0.5) is 11.4 Å². The van der Waals surface area contributed by atoms with Crippen molar-refractivity contribution >= 4 is 38.9 Å². The first-order valence-corrected chi connectivity index (χ1v) is 7.10. The van der Waals surface area contributed by atoms with Gasteiger partial charge in [0.05, 0.1) is 4.92 Å². The lowest BCUT2D eigenvalue weighted by atomic mass is 10.1. The van der Waals surface area contributed by atoms with Gasteiger partial charge in [0, 0.05) is 33.4 Å². The van der Waals surface area contributed by atoms with Crippen molar-refractivity contribution in [1.29, 1.82) is 0 Å². The third-order valence-electron chi connectivity index (χ3n) is 2.88. The number of rotatable bonds is 4. The van der Waals surface area contributed by atoms with Gasteiger partial charge in [-0.05, 0) is 46.6 Å². The Kier molecular flexibility index (Phi) is 4.62. The molecule has 0 fully saturated rings. The Morgan fingerprint density at radius 2 is 2.05 bits per heavy atom. The third-order valence-corrected chi connectivity index (χ3v) is 3.78. The van der Waals surface area contributed by atoms with Crippen molar-refractivity contribution in [2.75, 3.05) is 5.32 Å². The molecular weight excluding hydrogens is 344 g/mol. The van der Waals surface area contributed by atoms with Crippen LogP contribution < -0.4 is 5.32 Å². The van der Waals surface area contributed by atoms with E-state index in [1.54, 1.807) is 24.3 Å². The molecule has 104 valence electrons. The van der Waals surface area contributed by atoms with Crippen LogP contribution in [0.3, 0.4) is 0 Å². The zero-order valence-corrected chi connectivity index (χ0v) is 13.0. The smallest absolute Gasteiger partial charge is 0.269 e. The number of non-ortho nitro benzene ring substituents is 1. The third kappa shape index (κ3) is 3.49. The molecule has 1 N–H and O–H groups in total. The highest BCUT2D eigenvalue weighted by Crippen LogP contribution is 2.29. The minimum absolute atomic E-state index is 0.0626. The molecule has 0 radical (unpaired) electrons. The number of nitro groups is 1. The highest BCUT2D eigenvalue weighted by atomic mass is 79.9. The summed E-state index contributed by atoms with van der Waals surface area (Å²) >= 11 is 9.32. The number of hydrogen-bond donors (Lipinski definition) is 1. The molecule has 0 aliphatic heterocycles. The van der Waals surface area contributed by atoms with Gasteiger partial charge < -0.3 is 5.32 Å². The second-order valence-electron chi connectivity index (χ2n) is 4.34. The average Bonchev–Trinajstić information content (AvgIpc) is 2.42. The van der Waals surface area contributed by atoms with E-state index < -0.39 is 4.92 Å². The molecule has 2 aromatic carbocycles. The summed E-state index contributed by atoms with van der Waals surface area (Å²) in [6.45, 7) is 1.94. The fourth-order valence-electron chi connectivity index (χ4n) is 1.83. The number of anilines is 1. The number of nitrogens with zero attached hydrogens (tertiary/aromatic N) is 1. The molecule has 0 saturated carbocycles. The summed E-state index contributed by atoms with van der Waals surface area (Å²) in [5.74, 6) is 0. The molecule has 0 heterocycles. The van der Waals surface area contributed by atoms with Crippen molar-refractivity contribution in [3.63, 3.8) is 0 Å². The van der Waals surface area contributed by atoms with Gasteiger partial charge in [0.2, 0.25) is 0 Å². The van der Waals surface area contributed by atoms with Gasteiger partial charge in [-0.15, -0.1) is 0 Å². The maximum atomic E-state index is 10.8. The summed E-state index contributed by atoms with van der Waals surface area (Å²) in [5, 5.41) is 14.7. The van der Waals surface area contributed by atoms with Gasteiger partial charge in [-0.2, -0.15) is 0 Å². The number of benzene rings is 2. The van der Waals surface area contributed by atoms with Crippen LogP contribution in [0.25, 0.3) is 0 Å². The standard InChI is InChI=1S/C14H12BrClN2O2/c1-9(10-3-2-4-12(7-10)18(19)20)17-14-6-5-11(16)8-13(14)15/h2-9,17H,1H3. The molecule has 0 aromatic heterocycles. The SMILES string of the molecule is CC(Nc1ccc(Cl)cc1Br)c1cccc([N+](=O)[O-])c1. The highest BCUT2D eigenvalue weighted by Gasteiger charge is 2.12. The van der Waals surface area contributed by atoms with E-state index in [1.807, 2.05) is 19.1 Å². The van der Waals surface area contributed by atoms with Crippen LogP contribution in [0.2, 0.25) is 5.02 Å². The Morgan fingerprint density at radius 3 is 2.70 bits per heavy atom. The Labute approximate surface area is 130 Å². The van der Waals surface area contributed by atoms with Crippen molar-refractivity contribution < 1.29 is 4.92 Å². The van der Waals surface area contributed by atoms with E-state index in [-0.39, 0.29) is 11.7 Å². The van der Waals surface area contributed by atoms with Gasteiger partial charge in [0.1, 0.15) is 0 Å². The Bertz CT molecular complexity index is 649. The fourth-order valence-corrected chi connectivity index (χ4v) is 2.63. The molecule has 2 rings (SSSR count). The summed E-state index contributed by atoms with van der Waals surface area (Å²) in [4.78, 5) is 10.4. The number of halogens is 2. The highest BCUT2D eigenvalue weighted by molar-refractivity contribution is 9.10. The molecule has 1 unspecified atom stereocenters. The zero-order chi connectivity index (χ0) is 14.7. The Morgan fingerprint density at radius 1 is 1.30 bits per heavy atom. The van der Waals surface area contributed by atoms with Gasteiger partial charge in [-0.25, -0.2) is 0 Å². The van der Waals surface area contributed by atoms with Gasteiger partial charge in [-0.1, -0.05) is 23.7 Å². The lowest BCUT2D eigenvalue weighted by molar-refractivity contribution is -0.384. The van der Waals surface area contributed by atoms with Crippen molar-refractivity contribution in [3.05, 3.63) is 67.6 Å². The van der Waals surface area contributed by atoms with Crippen LogP contribution in [-0.4, -0.2) is 4.92 Å². The van der Waals surface area contributed by atoms with E-state index in [0.717, 1.165) is 15.7 Å². The summed E-state index contributed by atoms with van der Waals surface area (Å²) in [6, 6.07) is 12.0. The molecule has 4 nitrogen and oxygen atoms in total. The molecule has 0 aliphatic rings. The summed E-state index contributed by atoms with van der Waals surface area (Å²) < 4.78 is 0.849. The molecule has 0 saturated heterocycles. The first-order chi connectivity index (χ1) is 9.47. The van der Waals surface area contributed by atoms with Crippen LogP contribution in [0.15, 0.2) is 46.9 Å². The molecule has 1 atom stereocenters. The molecular formula is C14H12BrClN2O2. The number of nitro benzene ring substituents is 1. The molecule has 20 heavy (non-hydrogen) atoms. The number of nitrogens with one attached hydrogen (secondary N) is 1. The maximum absolute atomic E-state index is 10.8. The van der Waals surface area contributed by atoms with Gasteiger partial charge >= 0.3 is 0 Å². The van der Waals surface area contributed by atoms with E-state index in [1.165, 1.54) is 6.07 Å². The fraction of sp³-hybridized carbons (Fsp3) is 0.143.